The third-order valence-corrected chi connectivity index (χ3v) is 10.1. The van der Waals surface area contributed by atoms with Crippen LogP contribution in [-0.2, 0) is 26.2 Å². The highest BCUT2D eigenvalue weighted by molar-refractivity contribution is 7.92. The van der Waals surface area contributed by atoms with E-state index in [2.05, 4.69) is 5.32 Å². The minimum atomic E-state index is -4.12. The Balaban J connectivity index is 1.70. The fourth-order valence-electron chi connectivity index (χ4n) is 5.33. The Hall–Kier alpha value is -3.07. The van der Waals surface area contributed by atoms with Crippen molar-refractivity contribution >= 4 is 50.7 Å². The Labute approximate surface area is 258 Å². The molecule has 42 heavy (non-hydrogen) atoms. The monoisotopic (exact) mass is 629 g/mol. The van der Waals surface area contributed by atoms with Crippen molar-refractivity contribution in [3.05, 3.63) is 93.5 Å². The minimum absolute atomic E-state index is 0.0427. The second-order valence-corrected chi connectivity index (χ2v) is 13.6. The van der Waals surface area contributed by atoms with Gasteiger partial charge in [-0.05, 0) is 86.7 Å². The molecule has 1 aliphatic rings. The maximum absolute atomic E-state index is 14.1. The fraction of sp³-hybridized carbons (Fsp3) is 0.375. The molecular formula is C32H37Cl2N3O4S. The summed E-state index contributed by atoms with van der Waals surface area (Å²) in [5.41, 5.74) is 2.76. The van der Waals surface area contributed by atoms with Gasteiger partial charge in [0.25, 0.3) is 10.0 Å². The van der Waals surface area contributed by atoms with E-state index in [0.717, 1.165) is 47.5 Å². The van der Waals surface area contributed by atoms with E-state index >= 15 is 0 Å². The summed E-state index contributed by atoms with van der Waals surface area (Å²) < 4.78 is 29.1. The normalized spacial score (nSPS) is 14.7. The molecular weight excluding hydrogens is 593 g/mol. The number of aryl methyl sites for hydroxylation is 2. The maximum Gasteiger partial charge on any atom is 0.264 e. The second-order valence-electron chi connectivity index (χ2n) is 11.0. The summed E-state index contributed by atoms with van der Waals surface area (Å²) in [5, 5.41) is 3.80. The van der Waals surface area contributed by atoms with Gasteiger partial charge in [0, 0.05) is 12.6 Å². The van der Waals surface area contributed by atoms with Gasteiger partial charge in [-0.3, -0.25) is 13.9 Å². The summed E-state index contributed by atoms with van der Waals surface area (Å²) in [6.45, 7) is 4.96. The lowest BCUT2D eigenvalue weighted by Crippen LogP contribution is -2.53. The molecule has 1 fully saturated rings. The zero-order chi connectivity index (χ0) is 30.4. The number of sulfonamides is 1. The summed E-state index contributed by atoms with van der Waals surface area (Å²) >= 11 is 12.4. The van der Waals surface area contributed by atoms with Crippen LogP contribution in [0.2, 0.25) is 10.0 Å². The number of benzene rings is 3. The number of amides is 2. The molecule has 0 unspecified atom stereocenters. The third kappa shape index (κ3) is 7.85. The van der Waals surface area contributed by atoms with Crippen LogP contribution in [0.3, 0.4) is 0 Å². The molecule has 3 aromatic carbocycles. The first kappa shape index (κ1) is 31.9. The predicted molar refractivity (Wildman–Crippen MR) is 168 cm³/mol. The van der Waals surface area contributed by atoms with Gasteiger partial charge in [-0.15, -0.1) is 0 Å². The van der Waals surface area contributed by atoms with E-state index in [-0.39, 0.29) is 23.4 Å². The number of rotatable bonds is 10. The lowest BCUT2D eigenvalue weighted by atomic mass is 9.95. The van der Waals surface area contributed by atoms with Crippen LogP contribution in [0, 0.1) is 13.8 Å². The molecule has 2 amide bonds. The van der Waals surface area contributed by atoms with Gasteiger partial charge in [-0.1, -0.05) is 72.8 Å². The molecule has 10 heteroatoms. The Bertz CT molecular complexity index is 1510. The number of carbonyl (C=O) groups excluding carboxylic acids is 2. The van der Waals surface area contributed by atoms with E-state index in [1.54, 1.807) is 55.5 Å². The minimum Gasteiger partial charge on any atom is -0.352 e. The first-order valence-corrected chi connectivity index (χ1v) is 16.3. The highest BCUT2D eigenvalue weighted by atomic mass is 35.5. The van der Waals surface area contributed by atoms with Crippen molar-refractivity contribution in [3.63, 3.8) is 0 Å². The van der Waals surface area contributed by atoms with Crippen molar-refractivity contribution in [1.29, 1.82) is 0 Å². The largest absolute Gasteiger partial charge is 0.352 e. The number of carbonyl (C=O) groups is 2. The number of nitrogens with one attached hydrogen (secondary N) is 1. The molecule has 7 nitrogen and oxygen atoms in total. The van der Waals surface area contributed by atoms with Crippen LogP contribution in [0.15, 0.2) is 71.6 Å². The van der Waals surface area contributed by atoms with Crippen molar-refractivity contribution in [2.45, 2.75) is 76.4 Å². The van der Waals surface area contributed by atoms with E-state index in [0.29, 0.717) is 21.3 Å². The van der Waals surface area contributed by atoms with Crippen LogP contribution in [0.4, 0.5) is 5.69 Å². The van der Waals surface area contributed by atoms with Crippen molar-refractivity contribution in [3.8, 4) is 0 Å². The van der Waals surface area contributed by atoms with Gasteiger partial charge in [0.05, 0.1) is 20.6 Å². The average Bonchev–Trinajstić information content (AvgIpc) is 2.96. The summed E-state index contributed by atoms with van der Waals surface area (Å²) in [6.07, 6.45) is 5.04. The van der Waals surface area contributed by atoms with Crippen LogP contribution in [0.5, 0.6) is 0 Å². The average molecular weight is 631 g/mol. The molecule has 224 valence electrons. The highest BCUT2D eigenvalue weighted by Crippen LogP contribution is 2.28. The molecule has 0 bridgehead atoms. The van der Waals surface area contributed by atoms with Gasteiger partial charge in [0.2, 0.25) is 11.8 Å². The number of halogens is 2. The lowest BCUT2D eigenvalue weighted by Gasteiger charge is -2.33. The second kappa shape index (κ2) is 13.9. The van der Waals surface area contributed by atoms with E-state index in [4.69, 9.17) is 23.2 Å². The van der Waals surface area contributed by atoms with Gasteiger partial charge < -0.3 is 10.2 Å². The Kier molecular flexibility index (Phi) is 10.6. The zero-order valence-electron chi connectivity index (χ0n) is 24.1. The number of nitrogens with zero attached hydrogens (tertiary/aromatic N) is 2. The van der Waals surface area contributed by atoms with Crippen LogP contribution in [0.25, 0.3) is 0 Å². The van der Waals surface area contributed by atoms with Gasteiger partial charge in [0.15, 0.2) is 0 Å². The summed E-state index contributed by atoms with van der Waals surface area (Å²) in [6, 6.07) is 17.7. The molecule has 0 saturated heterocycles. The van der Waals surface area contributed by atoms with Crippen molar-refractivity contribution in [1.82, 2.24) is 10.2 Å². The van der Waals surface area contributed by atoms with Crippen LogP contribution in [-0.4, -0.2) is 43.8 Å². The molecule has 0 aliphatic heterocycles. The van der Waals surface area contributed by atoms with Crippen molar-refractivity contribution in [2.75, 3.05) is 10.8 Å². The molecule has 1 N–H and O–H groups in total. The van der Waals surface area contributed by atoms with Crippen LogP contribution < -0.4 is 9.62 Å². The van der Waals surface area contributed by atoms with Gasteiger partial charge in [-0.25, -0.2) is 8.42 Å². The van der Waals surface area contributed by atoms with Gasteiger partial charge >= 0.3 is 0 Å². The molecule has 0 aromatic heterocycles. The fourth-order valence-corrected chi connectivity index (χ4v) is 7.07. The summed E-state index contributed by atoms with van der Waals surface area (Å²) in [5.74, 6) is -0.801. The molecule has 0 heterocycles. The van der Waals surface area contributed by atoms with Crippen LogP contribution >= 0.6 is 23.2 Å². The molecule has 4 rings (SSSR count). The topological polar surface area (TPSA) is 86.8 Å². The summed E-state index contributed by atoms with van der Waals surface area (Å²) in [7, 11) is -4.12. The first-order chi connectivity index (χ1) is 20.0. The Morgan fingerprint density at radius 1 is 0.905 bits per heavy atom. The van der Waals surface area contributed by atoms with Gasteiger partial charge in [-0.2, -0.15) is 0 Å². The van der Waals surface area contributed by atoms with E-state index in [1.807, 2.05) is 19.9 Å². The first-order valence-electron chi connectivity index (χ1n) is 14.2. The molecule has 0 spiro atoms. The highest BCUT2D eigenvalue weighted by Gasteiger charge is 2.33. The molecule has 0 radical (unpaired) electrons. The number of hydrogen-bond acceptors (Lipinski definition) is 4. The quantitative estimate of drug-likeness (QED) is 0.271. The smallest absolute Gasteiger partial charge is 0.264 e. The van der Waals surface area contributed by atoms with E-state index in [9.17, 15) is 18.0 Å². The van der Waals surface area contributed by atoms with E-state index < -0.39 is 28.5 Å². The maximum atomic E-state index is 14.1. The Morgan fingerprint density at radius 2 is 1.55 bits per heavy atom. The third-order valence-electron chi connectivity index (χ3n) is 7.56. The molecule has 1 atom stereocenters. The van der Waals surface area contributed by atoms with Gasteiger partial charge in [0.1, 0.15) is 12.6 Å². The zero-order valence-corrected chi connectivity index (χ0v) is 26.5. The number of anilines is 1. The molecule has 1 saturated carbocycles. The molecule has 3 aromatic rings. The number of hydrogen-bond donors (Lipinski definition) is 1. The van der Waals surface area contributed by atoms with Crippen LogP contribution in [0.1, 0.15) is 55.7 Å². The summed E-state index contributed by atoms with van der Waals surface area (Å²) in [4.78, 5) is 29.1. The lowest BCUT2D eigenvalue weighted by molar-refractivity contribution is -0.139. The van der Waals surface area contributed by atoms with Crippen molar-refractivity contribution in [2.24, 2.45) is 0 Å². The predicted octanol–water partition coefficient (Wildman–Crippen LogP) is 6.67. The molecule has 1 aliphatic carbocycles. The SMILES string of the molecule is Cc1cc(C)cc(N(CC(=O)N(Cc2ccc(Cl)c(Cl)c2)[C@H](C)C(=O)NC2CCCCC2)S(=O)(=O)c2ccccc2)c1. The van der Waals surface area contributed by atoms with E-state index in [1.165, 1.54) is 17.0 Å². The standard InChI is InChI=1S/C32H37Cl2N3O4S/c1-22-16-23(2)18-27(17-22)37(42(40,41)28-12-8-5-9-13-28)21-31(38)36(20-25-14-15-29(33)30(34)19-25)24(3)32(39)35-26-10-6-4-7-11-26/h5,8-9,12-19,24,26H,4,6-7,10-11,20-21H2,1-3H3,(H,35,39)/t24-/m1/s1. The Morgan fingerprint density at radius 3 is 2.17 bits per heavy atom. The van der Waals surface area contributed by atoms with Crippen molar-refractivity contribution < 1.29 is 18.0 Å².